The van der Waals surface area contributed by atoms with Crippen molar-refractivity contribution in [1.82, 2.24) is 20.1 Å². The first-order valence-electron chi connectivity index (χ1n) is 10.9. The number of rotatable bonds is 9. The van der Waals surface area contributed by atoms with Crippen LogP contribution in [0.3, 0.4) is 0 Å². The number of nitrogens with zero attached hydrogens (tertiary/aromatic N) is 3. The molecule has 7 nitrogen and oxygen atoms in total. The zero-order valence-corrected chi connectivity index (χ0v) is 21.8. The van der Waals surface area contributed by atoms with Crippen LogP contribution in [0, 0.1) is 0 Å². The van der Waals surface area contributed by atoms with Crippen LogP contribution in [0.2, 0.25) is 10.0 Å². The van der Waals surface area contributed by atoms with Gasteiger partial charge >= 0.3 is 0 Å². The van der Waals surface area contributed by atoms with Gasteiger partial charge in [0.15, 0.2) is 11.0 Å². The second-order valence-electron chi connectivity index (χ2n) is 7.98. The molecule has 0 radical (unpaired) electrons. The Morgan fingerprint density at radius 1 is 1.09 bits per heavy atom. The summed E-state index contributed by atoms with van der Waals surface area (Å²) in [7, 11) is 0. The van der Waals surface area contributed by atoms with E-state index >= 15 is 0 Å². The molecule has 0 spiro atoms. The molecule has 1 atom stereocenters. The van der Waals surface area contributed by atoms with E-state index in [1.807, 2.05) is 42.7 Å². The van der Waals surface area contributed by atoms with Crippen molar-refractivity contribution < 1.29 is 9.59 Å². The first kappa shape index (κ1) is 26.1. The third-order valence-corrected chi connectivity index (χ3v) is 6.68. The van der Waals surface area contributed by atoms with Gasteiger partial charge in [-0.1, -0.05) is 67.0 Å². The Bertz CT molecular complexity index is 1180. The van der Waals surface area contributed by atoms with Crippen LogP contribution in [0.5, 0.6) is 0 Å². The highest BCUT2D eigenvalue weighted by Crippen LogP contribution is 2.26. The van der Waals surface area contributed by atoms with Gasteiger partial charge in [0.2, 0.25) is 5.91 Å². The Kier molecular flexibility index (Phi) is 8.99. The van der Waals surface area contributed by atoms with Crippen molar-refractivity contribution in [3.63, 3.8) is 0 Å². The number of thioether (sulfide) groups is 1. The molecule has 0 fully saturated rings. The van der Waals surface area contributed by atoms with Crippen molar-refractivity contribution in [1.29, 1.82) is 0 Å². The topological polar surface area (TPSA) is 88.9 Å². The Morgan fingerprint density at radius 3 is 2.50 bits per heavy atom. The molecule has 0 aliphatic heterocycles. The lowest BCUT2D eigenvalue weighted by atomic mass is 10.0. The van der Waals surface area contributed by atoms with Gasteiger partial charge < -0.3 is 15.2 Å². The highest BCUT2D eigenvalue weighted by molar-refractivity contribution is 7.99. The van der Waals surface area contributed by atoms with Crippen LogP contribution in [-0.2, 0) is 11.3 Å². The molecule has 3 aromatic rings. The third-order valence-electron chi connectivity index (χ3n) is 5.16. The maximum atomic E-state index is 12.7. The second-order valence-corrected chi connectivity index (χ2v) is 9.77. The van der Waals surface area contributed by atoms with E-state index in [0.717, 1.165) is 11.3 Å². The van der Waals surface area contributed by atoms with Gasteiger partial charge in [-0.15, -0.1) is 10.2 Å². The lowest BCUT2D eigenvalue weighted by molar-refractivity contribution is -0.113. The quantitative estimate of drug-likeness (QED) is 0.341. The molecule has 0 bridgehead atoms. The van der Waals surface area contributed by atoms with Crippen molar-refractivity contribution in [2.24, 2.45) is 0 Å². The number of aromatic nitrogens is 3. The monoisotopic (exact) mass is 519 g/mol. The summed E-state index contributed by atoms with van der Waals surface area (Å²) in [6.07, 6.45) is 0. The molecule has 10 heteroatoms. The minimum absolute atomic E-state index is 0.121. The maximum Gasteiger partial charge on any atom is 0.253 e. The van der Waals surface area contributed by atoms with E-state index in [1.54, 1.807) is 12.1 Å². The zero-order valence-electron chi connectivity index (χ0n) is 19.4. The predicted molar refractivity (Wildman–Crippen MR) is 138 cm³/mol. The van der Waals surface area contributed by atoms with Gasteiger partial charge in [0.05, 0.1) is 22.4 Å². The van der Waals surface area contributed by atoms with Crippen molar-refractivity contribution in [3.05, 3.63) is 69.5 Å². The summed E-state index contributed by atoms with van der Waals surface area (Å²) in [5, 5.41) is 15.7. The molecule has 2 aromatic carbocycles. The SMILES string of the molecule is CCn1c(SCC(=O)Nc2ccccc2C(C)C)nnc1[C@@H](C)NC(=O)c1ccc(Cl)cc1Cl. The van der Waals surface area contributed by atoms with Gasteiger partial charge in [-0.25, -0.2) is 0 Å². The summed E-state index contributed by atoms with van der Waals surface area (Å²) >= 11 is 13.4. The molecule has 2 N–H and O–H groups in total. The lowest BCUT2D eigenvalue weighted by Gasteiger charge is -2.16. The summed E-state index contributed by atoms with van der Waals surface area (Å²) < 4.78 is 1.88. The summed E-state index contributed by atoms with van der Waals surface area (Å²) in [4.78, 5) is 25.3. The van der Waals surface area contributed by atoms with Crippen LogP contribution in [0.4, 0.5) is 5.69 Å². The Hall–Kier alpha value is -2.55. The Morgan fingerprint density at radius 2 is 1.82 bits per heavy atom. The molecule has 3 rings (SSSR count). The number of amides is 2. The van der Waals surface area contributed by atoms with Gasteiger partial charge in [-0.05, 0) is 49.6 Å². The van der Waals surface area contributed by atoms with Crippen LogP contribution in [0.1, 0.15) is 61.4 Å². The summed E-state index contributed by atoms with van der Waals surface area (Å²) in [6, 6.07) is 12.1. The van der Waals surface area contributed by atoms with Crippen molar-refractivity contribution in [2.75, 3.05) is 11.1 Å². The molecule has 0 aliphatic carbocycles. The van der Waals surface area contributed by atoms with E-state index < -0.39 is 6.04 Å². The Balaban J connectivity index is 1.65. The molecule has 1 heterocycles. The van der Waals surface area contributed by atoms with E-state index in [1.165, 1.54) is 17.8 Å². The average molecular weight is 520 g/mol. The van der Waals surface area contributed by atoms with Crippen LogP contribution >= 0.6 is 35.0 Å². The van der Waals surface area contributed by atoms with Gasteiger partial charge in [-0.2, -0.15) is 0 Å². The number of hydrogen-bond donors (Lipinski definition) is 2. The number of carbonyl (C=O) groups excluding carboxylic acids is 2. The normalized spacial score (nSPS) is 12.0. The molecule has 180 valence electrons. The van der Waals surface area contributed by atoms with E-state index in [4.69, 9.17) is 23.2 Å². The van der Waals surface area contributed by atoms with Gasteiger partial charge in [-0.3, -0.25) is 9.59 Å². The first-order chi connectivity index (χ1) is 16.2. The summed E-state index contributed by atoms with van der Waals surface area (Å²) in [5.41, 5.74) is 2.23. The maximum absolute atomic E-state index is 12.7. The fourth-order valence-electron chi connectivity index (χ4n) is 3.47. The smallest absolute Gasteiger partial charge is 0.253 e. The number of carbonyl (C=O) groups is 2. The predicted octanol–water partition coefficient (Wildman–Crippen LogP) is 5.95. The minimum Gasteiger partial charge on any atom is -0.342 e. The van der Waals surface area contributed by atoms with E-state index in [-0.39, 0.29) is 22.6 Å². The van der Waals surface area contributed by atoms with Crippen LogP contribution in [0.15, 0.2) is 47.6 Å². The lowest BCUT2D eigenvalue weighted by Crippen LogP contribution is -2.29. The van der Waals surface area contributed by atoms with Crippen molar-refractivity contribution in [3.8, 4) is 0 Å². The number of hydrogen-bond acceptors (Lipinski definition) is 5. The summed E-state index contributed by atoms with van der Waals surface area (Å²) in [5.74, 6) is 0.621. The molecule has 0 unspecified atom stereocenters. The average Bonchev–Trinajstić information content (AvgIpc) is 3.21. The molecule has 34 heavy (non-hydrogen) atoms. The highest BCUT2D eigenvalue weighted by atomic mass is 35.5. The standard InChI is InChI=1S/C24H27Cl2N5O2S/c1-5-31-22(15(4)27-23(33)18-11-10-16(25)12-19(18)26)29-30-24(31)34-13-21(32)28-20-9-7-6-8-17(20)14(2)3/h6-12,14-15H,5,13H2,1-4H3,(H,27,33)(H,28,32)/t15-/m1/s1. The highest BCUT2D eigenvalue weighted by Gasteiger charge is 2.21. The fourth-order valence-corrected chi connectivity index (χ4v) is 4.77. The minimum atomic E-state index is -0.423. The first-order valence-corrected chi connectivity index (χ1v) is 12.7. The molecular weight excluding hydrogens is 493 g/mol. The van der Waals surface area contributed by atoms with Gasteiger partial charge in [0, 0.05) is 17.3 Å². The zero-order chi connectivity index (χ0) is 24.8. The summed E-state index contributed by atoms with van der Waals surface area (Å²) in [6.45, 7) is 8.55. The number of halogens is 2. The molecule has 0 saturated carbocycles. The van der Waals surface area contributed by atoms with Crippen molar-refractivity contribution >= 4 is 52.5 Å². The molecule has 1 aromatic heterocycles. The number of para-hydroxylation sites is 1. The third kappa shape index (κ3) is 6.31. The number of nitrogens with one attached hydrogen (secondary N) is 2. The van der Waals surface area contributed by atoms with E-state index in [9.17, 15) is 9.59 Å². The van der Waals surface area contributed by atoms with E-state index in [0.29, 0.717) is 34.0 Å². The largest absolute Gasteiger partial charge is 0.342 e. The van der Waals surface area contributed by atoms with E-state index in [2.05, 4.69) is 34.7 Å². The molecular formula is C24H27Cl2N5O2S. The molecule has 0 saturated heterocycles. The van der Waals surface area contributed by atoms with Crippen molar-refractivity contribution in [2.45, 2.75) is 51.4 Å². The molecule has 0 aliphatic rings. The number of anilines is 1. The van der Waals surface area contributed by atoms with Crippen LogP contribution < -0.4 is 10.6 Å². The Labute approximate surface area is 213 Å². The fraction of sp³-hybridized carbons (Fsp3) is 0.333. The van der Waals surface area contributed by atoms with Gasteiger partial charge in [0.1, 0.15) is 0 Å². The van der Waals surface area contributed by atoms with Crippen LogP contribution in [0.25, 0.3) is 0 Å². The number of benzene rings is 2. The van der Waals surface area contributed by atoms with Gasteiger partial charge in [0.25, 0.3) is 5.91 Å². The second kappa shape index (κ2) is 11.7. The van der Waals surface area contributed by atoms with Crippen LogP contribution in [-0.4, -0.2) is 32.3 Å². The molecule has 2 amide bonds.